The number of likely N-dealkylation sites (N-methyl/N-ethyl adjacent to an activating group) is 1. The average molecular weight is 455 g/mol. The van der Waals surface area contributed by atoms with Gasteiger partial charge >= 0.3 is 0 Å². The van der Waals surface area contributed by atoms with Crippen LogP contribution in [0.25, 0.3) is 11.1 Å². The monoisotopic (exact) mass is 455 g/mol. The third-order valence-corrected chi connectivity index (χ3v) is 5.39. The van der Waals surface area contributed by atoms with Crippen molar-refractivity contribution in [1.29, 1.82) is 0 Å². The number of hydrogen-bond acceptors (Lipinski definition) is 7. The first kappa shape index (κ1) is 21.4. The highest BCUT2D eigenvalue weighted by atomic mass is 19.1. The van der Waals surface area contributed by atoms with E-state index in [0.29, 0.717) is 41.9 Å². The molecule has 0 saturated carbocycles. The van der Waals surface area contributed by atoms with Crippen LogP contribution in [0.1, 0.15) is 11.3 Å². The molecule has 3 heterocycles. The first-order valence-corrected chi connectivity index (χ1v) is 10.7. The van der Waals surface area contributed by atoms with Crippen LogP contribution in [0.15, 0.2) is 84.3 Å². The van der Waals surface area contributed by atoms with Gasteiger partial charge in [0.15, 0.2) is 11.5 Å². The summed E-state index contributed by atoms with van der Waals surface area (Å²) in [5, 5.41) is 9.34. The van der Waals surface area contributed by atoms with Gasteiger partial charge in [-0.05, 0) is 53.6 Å². The Kier molecular flexibility index (Phi) is 5.78. The Morgan fingerprint density at radius 2 is 1.85 bits per heavy atom. The summed E-state index contributed by atoms with van der Waals surface area (Å²) in [6.07, 6.45) is 7.17. The van der Waals surface area contributed by atoms with Crippen molar-refractivity contribution in [3.05, 3.63) is 96.2 Å². The van der Waals surface area contributed by atoms with E-state index < -0.39 is 0 Å². The molecule has 170 valence electrons. The summed E-state index contributed by atoms with van der Waals surface area (Å²) in [5.41, 5.74) is 4.45. The number of hydrogen-bond donors (Lipinski definition) is 1. The first-order valence-electron chi connectivity index (χ1n) is 10.7. The Morgan fingerprint density at radius 3 is 2.65 bits per heavy atom. The molecule has 8 heteroatoms. The van der Waals surface area contributed by atoms with Gasteiger partial charge in [0.1, 0.15) is 19.0 Å². The van der Waals surface area contributed by atoms with Crippen LogP contribution >= 0.6 is 0 Å². The quantitative estimate of drug-likeness (QED) is 0.581. The SMILES string of the molecule is C=C(/C(=C1/C=CC=NN1C)c1ccnc(Nc2ccc3c(c2)OCCO3)n1)c1ccc(F)cc1. The van der Waals surface area contributed by atoms with Crippen molar-refractivity contribution in [3.63, 3.8) is 0 Å². The first-order chi connectivity index (χ1) is 16.6. The Balaban J connectivity index is 1.52. The smallest absolute Gasteiger partial charge is 0.227 e. The largest absolute Gasteiger partial charge is 0.486 e. The number of nitrogens with one attached hydrogen (secondary N) is 1. The molecule has 0 amide bonds. The van der Waals surface area contributed by atoms with Crippen molar-refractivity contribution in [1.82, 2.24) is 15.0 Å². The van der Waals surface area contributed by atoms with Crippen molar-refractivity contribution >= 4 is 29.0 Å². The van der Waals surface area contributed by atoms with E-state index in [1.807, 2.05) is 43.5 Å². The number of aromatic nitrogens is 2. The van der Waals surface area contributed by atoms with Crippen molar-refractivity contribution in [2.75, 3.05) is 25.6 Å². The fourth-order valence-electron chi connectivity index (χ4n) is 3.73. The molecule has 0 unspecified atom stereocenters. The maximum Gasteiger partial charge on any atom is 0.227 e. The van der Waals surface area contributed by atoms with E-state index in [1.54, 1.807) is 29.6 Å². The van der Waals surface area contributed by atoms with Gasteiger partial charge < -0.3 is 14.8 Å². The number of allylic oxidation sites excluding steroid dienone is 4. The second-order valence-electron chi connectivity index (χ2n) is 7.64. The molecule has 0 fully saturated rings. The lowest BCUT2D eigenvalue weighted by Crippen LogP contribution is -2.15. The number of anilines is 2. The standard InChI is InChI=1S/C26H22FN5O2/c1-17(18-5-7-19(27)8-6-18)25(22-4-3-12-29-32(22)2)21-11-13-28-26(31-21)30-20-9-10-23-24(16-20)34-15-14-33-23/h3-13,16H,1,14-15H2,2H3,(H,28,30,31)/b25-22+. The number of halogens is 1. The molecule has 1 N–H and O–H groups in total. The minimum atomic E-state index is -0.307. The van der Waals surface area contributed by atoms with Crippen LogP contribution in [0.5, 0.6) is 11.5 Å². The van der Waals surface area contributed by atoms with Crippen LogP contribution < -0.4 is 14.8 Å². The number of nitrogens with zero attached hydrogens (tertiary/aromatic N) is 4. The van der Waals surface area contributed by atoms with Crippen molar-refractivity contribution in [2.24, 2.45) is 5.10 Å². The average Bonchev–Trinajstić information content (AvgIpc) is 2.86. The van der Waals surface area contributed by atoms with Gasteiger partial charge in [0, 0.05) is 36.8 Å². The number of fused-ring (bicyclic) bond motifs is 1. The lowest BCUT2D eigenvalue weighted by atomic mass is 9.94. The Morgan fingerprint density at radius 1 is 1.06 bits per heavy atom. The van der Waals surface area contributed by atoms with Crippen LogP contribution in [0.4, 0.5) is 16.0 Å². The lowest BCUT2D eigenvalue weighted by molar-refractivity contribution is 0.171. The lowest BCUT2D eigenvalue weighted by Gasteiger charge is -2.23. The molecular formula is C26H22FN5O2. The predicted octanol–water partition coefficient (Wildman–Crippen LogP) is 5.04. The van der Waals surface area contributed by atoms with Gasteiger partial charge in [0.2, 0.25) is 5.95 Å². The summed E-state index contributed by atoms with van der Waals surface area (Å²) in [4.78, 5) is 9.13. The molecule has 3 aromatic rings. The maximum atomic E-state index is 13.5. The highest BCUT2D eigenvalue weighted by Crippen LogP contribution is 2.36. The third kappa shape index (κ3) is 4.38. The minimum Gasteiger partial charge on any atom is -0.486 e. The predicted molar refractivity (Wildman–Crippen MR) is 130 cm³/mol. The summed E-state index contributed by atoms with van der Waals surface area (Å²) < 4.78 is 24.8. The van der Waals surface area contributed by atoms with E-state index >= 15 is 0 Å². The zero-order chi connectivity index (χ0) is 23.5. The summed E-state index contributed by atoms with van der Waals surface area (Å²) in [6, 6.07) is 13.6. The van der Waals surface area contributed by atoms with E-state index in [2.05, 4.69) is 22.0 Å². The molecule has 2 aliphatic rings. The van der Waals surface area contributed by atoms with E-state index in [0.717, 1.165) is 22.5 Å². The minimum absolute atomic E-state index is 0.307. The number of ether oxygens (including phenoxy) is 2. The Bertz CT molecular complexity index is 1330. The van der Waals surface area contributed by atoms with Crippen LogP contribution in [0, 0.1) is 5.82 Å². The van der Waals surface area contributed by atoms with E-state index in [1.165, 1.54) is 12.1 Å². The molecule has 0 radical (unpaired) electrons. The van der Waals surface area contributed by atoms with E-state index in [4.69, 9.17) is 14.5 Å². The molecule has 0 aliphatic carbocycles. The van der Waals surface area contributed by atoms with Crippen LogP contribution in [-0.2, 0) is 0 Å². The van der Waals surface area contributed by atoms with Gasteiger partial charge in [-0.2, -0.15) is 5.10 Å². The number of hydrazone groups is 1. The fraction of sp³-hybridized carbons (Fsp3) is 0.115. The van der Waals surface area contributed by atoms with Gasteiger partial charge in [0.05, 0.1) is 11.4 Å². The topological polar surface area (TPSA) is 71.9 Å². The summed E-state index contributed by atoms with van der Waals surface area (Å²) >= 11 is 0. The van der Waals surface area contributed by atoms with Crippen molar-refractivity contribution in [3.8, 4) is 11.5 Å². The Labute approximate surface area is 196 Å². The molecule has 2 aliphatic heterocycles. The highest BCUT2D eigenvalue weighted by molar-refractivity contribution is 6.05. The van der Waals surface area contributed by atoms with Gasteiger partial charge in [-0.25, -0.2) is 14.4 Å². The number of benzene rings is 2. The van der Waals surface area contributed by atoms with Gasteiger partial charge in [0.25, 0.3) is 0 Å². The molecule has 5 rings (SSSR count). The molecule has 0 bridgehead atoms. The Hall–Kier alpha value is -4.46. The molecule has 0 saturated heterocycles. The summed E-state index contributed by atoms with van der Waals surface area (Å²) in [5.74, 6) is 1.48. The third-order valence-electron chi connectivity index (χ3n) is 5.39. The molecule has 34 heavy (non-hydrogen) atoms. The van der Waals surface area contributed by atoms with Crippen molar-refractivity contribution < 1.29 is 13.9 Å². The second kappa shape index (κ2) is 9.19. The zero-order valence-electron chi connectivity index (χ0n) is 18.5. The van der Waals surface area contributed by atoms with Crippen LogP contribution in [0.3, 0.4) is 0 Å². The molecular weight excluding hydrogens is 433 g/mol. The fourth-order valence-corrected chi connectivity index (χ4v) is 3.73. The molecule has 1 aromatic heterocycles. The van der Waals surface area contributed by atoms with E-state index in [9.17, 15) is 4.39 Å². The molecule has 0 atom stereocenters. The van der Waals surface area contributed by atoms with Crippen molar-refractivity contribution in [2.45, 2.75) is 0 Å². The zero-order valence-corrected chi connectivity index (χ0v) is 18.5. The normalized spacial score (nSPS) is 15.8. The van der Waals surface area contributed by atoms with Gasteiger partial charge in [-0.3, -0.25) is 5.01 Å². The second-order valence-corrected chi connectivity index (χ2v) is 7.64. The maximum absolute atomic E-state index is 13.5. The highest BCUT2D eigenvalue weighted by Gasteiger charge is 2.19. The summed E-state index contributed by atoms with van der Waals surface area (Å²) in [7, 11) is 1.85. The van der Waals surface area contributed by atoms with Crippen LogP contribution in [-0.4, -0.2) is 41.5 Å². The van der Waals surface area contributed by atoms with Crippen LogP contribution in [0.2, 0.25) is 0 Å². The molecule has 2 aromatic carbocycles. The van der Waals surface area contributed by atoms with Gasteiger partial charge in [-0.1, -0.05) is 18.7 Å². The number of rotatable bonds is 5. The molecule has 0 spiro atoms. The van der Waals surface area contributed by atoms with Gasteiger partial charge in [-0.15, -0.1) is 0 Å². The summed E-state index contributed by atoms with van der Waals surface area (Å²) in [6.45, 7) is 5.34. The van der Waals surface area contributed by atoms with E-state index in [-0.39, 0.29) is 5.82 Å². The molecule has 7 nitrogen and oxygen atoms in total.